The second-order valence-corrected chi connectivity index (χ2v) is 4.18. The smallest absolute Gasteiger partial charge is 0.331 e. The van der Waals surface area contributed by atoms with Crippen molar-refractivity contribution in [3.8, 4) is 0 Å². The number of hydrogen-bond donors (Lipinski definition) is 1. The predicted octanol–water partition coefficient (Wildman–Crippen LogP) is 2.77. The van der Waals surface area contributed by atoms with Gasteiger partial charge in [0, 0.05) is 25.1 Å². The van der Waals surface area contributed by atoms with Crippen molar-refractivity contribution in [3.05, 3.63) is 12.2 Å². The molecule has 18 heavy (non-hydrogen) atoms. The topological polar surface area (TPSA) is 63.6 Å². The first-order valence-corrected chi connectivity index (χ1v) is 6.07. The van der Waals surface area contributed by atoms with Gasteiger partial charge in [-0.25, -0.2) is 4.79 Å². The minimum Gasteiger partial charge on any atom is -0.478 e. The van der Waals surface area contributed by atoms with Crippen LogP contribution < -0.4 is 0 Å². The summed E-state index contributed by atoms with van der Waals surface area (Å²) in [6.45, 7) is 7.85. The summed E-state index contributed by atoms with van der Waals surface area (Å²) >= 11 is 0. The molecular formula is C13H22O4Zn. The SMILES string of the molecule is C=C(CC(=O)OCC(CC)CCCC)C(=O)O.[Zn]. The maximum Gasteiger partial charge on any atom is 0.331 e. The standard InChI is InChI=1S/C13H22O4.Zn/c1-4-6-7-11(5-2)9-17-12(14)8-10(3)13(15)16;/h11H,3-9H2,1-2H3,(H,15,16);. The first-order valence-electron chi connectivity index (χ1n) is 6.07. The Labute approximate surface area is 122 Å². The molecule has 1 unspecified atom stereocenters. The van der Waals surface area contributed by atoms with Crippen LogP contribution in [0.2, 0.25) is 0 Å². The number of hydrogen-bond acceptors (Lipinski definition) is 3. The van der Waals surface area contributed by atoms with Crippen molar-refractivity contribution < 1.29 is 38.9 Å². The molecule has 1 atom stereocenters. The van der Waals surface area contributed by atoms with Crippen LogP contribution in [-0.4, -0.2) is 23.7 Å². The van der Waals surface area contributed by atoms with Crippen molar-refractivity contribution in [2.75, 3.05) is 6.61 Å². The van der Waals surface area contributed by atoms with Crippen LogP contribution in [-0.2, 0) is 33.8 Å². The van der Waals surface area contributed by atoms with Gasteiger partial charge in [0.25, 0.3) is 0 Å². The average Bonchev–Trinajstić information content (AvgIpc) is 2.29. The number of carbonyl (C=O) groups excluding carboxylic acids is 1. The van der Waals surface area contributed by atoms with Crippen molar-refractivity contribution in [2.24, 2.45) is 5.92 Å². The van der Waals surface area contributed by atoms with Crippen molar-refractivity contribution in [1.29, 1.82) is 0 Å². The van der Waals surface area contributed by atoms with Gasteiger partial charge in [-0.1, -0.05) is 39.7 Å². The zero-order valence-corrected chi connectivity index (χ0v) is 14.4. The number of ether oxygens (including phenoxy) is 1. The number of unbranched alkanes of at least 4 members (excludes halogenated alkanes) is 1. The Morgan fingerprint density at radius 2 is 1.94 bits per heavy atom. The zero-order valence-electron chi connectivity index (χ0n) is 11.4. The second-order valence-electron chi connectivity index (χ2n) is 4.18. The van der Waals surface area contributed by atoms with Gasteiger partial charge in [0.15, 0.2) is 0 Å². The molecule has 0 fully saturated rings. The predicted molar refractivity (Wildman–Crippen MR) is 65.7 cm³/mol. The minimum absolute atomic E-state index is 0. The summed E-state index contributed by atoms with van der Waals surface area (Å²) < 4.78 is 5.05. The van der Waals surface area contributed by atoms with Crippen LogP contribution in [0.3, 0.4) is 0 Å². The van der Waals surface area contributed by atoms with E-state index in [4.69, 9.17) is 9.84 Å². The van der Waals surface area contributed by atoms with Crippen molar-refractivity contribution in [3.63, 3.8) is 0 Å². The number of rotatable bonds is 9. The molecule has 0 aromatic carbocycles. The van der Waals surface area contributed by atoms with Crippen LogP contribution in [0.5, 0.6) is 0 Å². The van der Waals surface area contributed by atoms with Crippen molar-refractivity contribution >= 4 is 11.9 Å². The molecule has 1 N–H and O–H groups in total. The average molecular weight is 308 g/mol. The van der Waals surface area contributed by atoms with E-state index < -0.39 is 11.9 Å². The molecule has 0 aromatic heterocycles. The fraction of sp³-hybridized carbons (Fsp3) is 0.692. The number of aliphatic carboxylic acids is 1. The van der Waals surface area contributed by atoms with Crippen LogP contribution in [0, 0.1) is 5.92 Å². The summed E-state index contributed by atoms with van der Waals surface area (Å²) in [5.74, 6) is -1.29. The zero-order chi connectivity index (χ0) is 13.3. The third-order valence-electron chi connectivity index (χ3n) is 2.68. The molecule has 0 amide bonds. The van der Waals surface area contributed by atoms with Crippen molar-refractivity contribution in [1.82, 2.24) is 0 Å². The minimum atomic E-state index is -1.15. The van der Waals surface area contributed by atoms with E-state index in [-0.39, 0.29) is 31.5 Å². The molecule has 4 nitrogen and oxygen atoms in total. The van der Waals surface area contributed by atoms with Gasteiger partial charge in [0.2, 0.25) is 0 Å². The molecule has 0 saturated heterocycles. The van der Waals surface area contributed by atoms with E-state index >= 15 is 0 Å². The first-order chi connectivity index (χ1) is 8.01. The van der Waals surface area contributed by atoms with E-state index in [9.17, 15) is 9.59 Å². The summed E-state index contributed by atoms with van der Waals surface area (Å²) in [6, 6.07) is 0. The molecule has 0 aliphatic carbocycles. The summed E-state index contributed by atoms with van der Waals surface area (Å²) in [7, 11) is 0. The quantitative estimate of drug-likeness (QED) is 0.404. The molecule has 0 saturated carbocycles. The summed E-state index contributed by atoms with van der Waals surface area (Å²) in [4.78, 5) is 21.8. The van der Waals surface area contributed by atoms with Gasteiger partial charge in [-0.3, -0.25) is 4.79 Å². The molecule has 0 aliphatic rings. The summed E-state index contributed by atoms with van der Waals surface area (Å²) in [5.41, 5.74) is -0.128. The van der Waals surface area contributed by atoms with Crippen LogP contribution in [0.1, 0.15) is 46.0 Å². The van der Waals surface area contributed by atoms with E-state index in [1.54, 1.807) is 0 Å². The molecule has 5 heteroatoms. The van der Waals surface area contributed by atoms with Gasteiger partial charge in [0.1, 0.15) is 0 Å². The Morgan fingerprint density at radius 3 is 2.39 bits per heavy atom. The molecule has 0 heterocycles. The Kier molecular flexibility index (Phi) is 12.4. The van der Waals surface area contributed by atoms with Gasteiger partial charge < -0.3 is 9.84 Å². The van der Waals surface area contributed by atoms with Gasteiger partial charge in [-0.05, 0) is 12.3 Å². The third kappa shape index (κ3) is 9.35. The Bertz CT molecular complexity index is 276. The van der Waals surface area contributed by atoms with E-state index in [1.807, 2.05) is 0 Å². The number of carbonyl (C=O) groups is 2. The summed E-state index contributed by atoms with van der Waals surface area (Å²) in [5, 5.41) is 8.56. The summed E-state index contributed by atoms with van der Waals surface area (Å²) in [6.07, 6.45) is 4.02. The Hall–Kier alpha value is -0.697. The fourth-order valence-corrected chi connectivity index (χ4v) is 1.41. The molecule has 0 radical (unpaired) electrons. The van der Waals surface area contributed by atoms with Crippen molar-refractivity contribution in [2.45, 2.75) is 46.0 Å². The molecular weight excluding hydrogens is 286 g/mol. The molecule has 0 bridgehead atoms. The largest absolute Gasteiger partial charge is 0.478 e. The Balaban J connectivity index is 0. The molecule has 0 aromatic rings. The van der Waals surface area contributed by atoms with Crippen LogP contribution in [0.25, 0.3) is 0 Å². The number of esters is 1. The van der Waals surface area contributed by atoms with Crippen LogP contribution >= 0.6 is 0 Å². The van der Waals surface area contributed by atoms with E-state index in [2.05, 4.69) is 20.4 Å². The third-order valence-corrected chi connectivity index (χ3v) is 2.68. The van der Waals surface area contributed by atoms with Gasteiger partial charge >= 0.3 is 11.9 Å². The Morgan fingerprint density at radius 1 is 1.33 bits per heavy atom. The van der Waals surface area contributed by atoms with Crippen LogP contribution in [0.4, 0.5) is 0 Å². The molecule has 0 rings (SSSR count). The van der Waals surface area contributed by atoms with E-state index in [1.165, 1.54) is 0 Å². The first kappa shape index (κ1) is 19.6. The van der Waals surface area contributed by atoms with Crippen LogP contribution in [0.15, 0.2) is 12.2 Å². The number of carboxylic acid groups (broad SMARTS) is 1. The monoisotopic (exact) mass is 306 g/mol. The fourth-order valence-electron chi connectivity index (χ4n) is 1.41. The van der Waals surface area contributed by atoms with E-state index in [0.717, 1.165) is 25.7 Å². The molecule has 0 aliphatic heterocycles. The molecule has 100 valence electrons. The van der Waals surface area contributed by atoms with E-state index in [0.29, 0.717) is 12.5 Å². The second kappa shape index (κ2) is 11.4. The maximum absolute atomic E-state index is 11.3. The maximum atomic E-state index is 11.3. The van der Waals surface area contributed by atoms with Gasteiger partial charge in [-0.15, -0.1) is 0 Å². The molecule has 0 spiro atoms. The normalized spacial score (nSPS) is 11.2. The van der Waals surface area contributed by atoms with Gasteiger partial charge in [0.05, 0.1) is 13.0 Å². The number of carboxylic acids is 1. The van der Waals surface area contributed by atoms with Gasteiger partial charge in [-0.2, -0.15) is 0 Å².